The lowest BCUT2D eigenvalue weighted by atomic mass is 10.1. The first-order chi connectivity index (χ1) is 13.8. The summed E-state index contributed by atoms with van der Waals surface area (Å²) in [6, 6.07) is 7.11. The highest BCUT2D eigenvalue weighted by Crippen LogP contribution is 2.36. The Morgan fingerprint density at radius 1 is 1.28 bits per heavy atom. The van der Waals surface area contributed by atoms with Crippen molar-refractivity contribution in [2.45, 2.75) is 26.2 Å². The number of pyridine rings is 1. The Kier molecular flexibility index (Phi) is 4.77. The molecule has 1 amide bonds. The van der Waals surface area contributed by atoms with Gasteiger partial charge in [0.15, 0.2) is 0 Å². The average Bonchev–Trinajstić information content (AvgIpc) is 3.10. The molecule has 0 saturated heterocycles. The molecule has 0 unspecified atom stereocenters. The second-order valence-electron chi connectivity index (χ2n) is 6.71. The third-order valence-corrected chi connectivity index (χ3v) is 5.26. The minimum atomic E-state index is -4.63. The zero-order chi connectivity index (χ0) is 20.8. The van der Waals surface area contributed by atoms with Crippen molar-refractivity contribution in [2.75, 3.05) is 6.54 Å². The van der Waals surface area contributed by atoms with Crippen LogP contribution in [-0.2, 0) is 19.3 Å². The molecule has 3 heterocycles. The van der Waals surface area contributed by atoms with Crippen LogP contribution < -0.4 is 4.57 Å². The van der Waals surface area contributed by atoms with Crippen LogP contribution in [-0.4, -0.2) is 32.5 Å². The number of hydrogen-bond donors (Lipinski definition) is 1. The maximum absolute atomic E-state index is 13.1. The molecule has 3 aromatic rings. The van der Waals surface area contributed by atoms with Gasteiger partial charge in [0.05, 0.1) is 29.2 Å². The Labute approximate surface area is 168 Å². The molecule has 0 fully saturated rings. The van der Waals surface area contributed by atoms with Gasteiger partial charge in [0.25, 0.3) is 11.7 Å². The second kappa shape index (κ2) is 7.14. The Morgan fingerprint density at radius 3 is 2.79 bits per heavy atom. The number of fused-ring (bicyclic) bond motifs is 1. The minimum absolute atomic E-state index is 0.171. The van der Waals surface area contributed by atoms with Crippen LogP contribution >= 0.6 is 11.6 Å². The number of alkyl halides is 3. The van der Waals surface area contributed by atoms with Crippen LogP contribution in [0.25, 0.3) is 11.5 Å². The lowest BCUT2D eigenvalue weighted by molar-refractivity contribution is -0.700. The van der Waals surface area contributed by atoms with E-state index in [1.54, 1.807) is 6.20 Å². The van der Waals surface area contributed by atoms with Gasteiger partial charge in [-0.2, -0.15) is 13.2 Å². The fourth-order valence-electron chi connectivity index (χ4n) is 3.37. The molecular formula is C19H16ClF3N5O+. The minimum Gasteiger partial charge on any atom is -0.325 e. The maximum atomic E-state index is 13.1. The van der Waals surface area contributed by atoms with E-state index in [1.165, 1.54) is 17.0 Å². The van der Waals surface area contributed by atoms with Gasteiger partial charge in [-0.05, 0) is 30.7 Å². The summed E-state index contributed by atoms with van der Waals surface area (Å²) in [5, 5.41) is 6.64. The van der Waals surface area contributed by atoms with Crippen molar-refractivity contribution < 1.29 is 22.5 Å². The Morgan fingerprint density at radius 2 is 2.07 bits per heavy atom. The summed E-state index contributed by atoms with van der Waals surface area (Å²) in [6.07, 6.45) is -2.95. The van der Waals surface area contributed by atoms with Crippen LogP contribution in [0, 0.1) is 6.92 Å². The summed E-state index contributed by atoms with van der Waals surface area (Å²) in [5.74, 6) is 0.757. The molecule has 4 rings (SSSR count). The number of halogens is 4. The van der Waals surface area contributed by atoms with Crippen LogP contribution in [0.2, 0.25) is 5.02 Å². The number of carbonyl (C=O) groups excluding carboxylic acids is 1. The predicted molar refractivity (Wildman–Crippen MR) is 97.9 cm³/mol. The van der Waals surface area contributed by atoms with E-state index in [1.807, 2.05) is 23.6 Å². The number of rotatable bonds is 2. The smallest absolute Gasteiger partial charge is 0.325 e. The van der Waals surface area contributed by atoms with Gasteiger partial charge in [0.2, 0.25) is 0 Å². The Bertz CT molecular complexity index is 1100. The number of amides is 1. The molecule has 1 aliphatic rings. The summed E-state index contributed by atoms with van der Waals surface area (Å²) in [6.45, 7) is 2.84. The number of aromatic nitrogens is 4. The largest absolute Gasteiger partial charge is 0.417 e. The van der Waals surface area contributed by atoms with Crippen LogP contribution in [0.4, 0.5) is 13.2 Å². The first-order valence-corrected chi connectivity index (χ1v) is 9.19. The Hall–Kier alpha value is -2.94. The van der Waals surface area contributed by atoms with Crippen molar-refractivity contribution in [3.8, 4) is 11.5 Å². The van der Waals surface area contributed by atoms with E-state index in [4.69, 9.17) is 11.6 Å². The lowest BCUT2D eigenvalue weighted by Crippen LogP contribution is -2.52. The van der Waals surface area contributed by atoms with Gasteiger partial charge in [0.1, 0.15) is 12.2 Å². The quantitative estimate of drug-likeness (QED) is 0.644. The van der Waals surface area contributed by atoms with E-state index in [2.05, 4.69) is 15.2 Å². The normalized spacial score (nSPS) is 14.0. The van der Waals surface area contributed by atoms with Gasteiger partial charge in [-0.15, -0.1) is 5.10 Å². The third kappa shape index (κ3) is 3.46. The highest BCUT2D eigenvalue weighted by Gasteiger charge is 2.36. The molecule has 0 saturated carbocycles. The summed E-state index contributed by atoms with van der Waals surface area (Å²) in [7, 11) is 0. The number of H-pyrrole nitrogens is 1. The van der Waals surface area contributed by atoms with E-state index in [0.29, 0.717) is 24.7 Å². The van der Waals surface area contributed by atoms with Gasteiger partial charge in [-0.3, -0.25) is 4.79 Å². The van der Waals surface area contributed by atoms with Gasteiger partial charge in [0, 0.05) is 11.3 Å². The molecule has 0 radical (unpaired) electrons. The highest BCUT2D eigenvalue weighted by atomic mass is 35.5. The molecule has 1 aromatic carbocycles. The fourth-order valence-corrected chi connectivity index (χ4v) is 3.68. The first kappa shape index (κ1) is 19.4. The van der Waals surface area contributed by atoms with E-state index in [9.17, 15) is 18.0 Å². The monoisotopic (exact) mass is 422 g/mol. The summed E-state index contributed by atoms with van der Waals surface area (Å²) in [4.78, 5) is 18.7. The average molecular weight is 423 g/mol. The molecule has 0 spiro atoms. The number of hydrogen-bond acceptors (Lipinski definition) is 3. The predicted octanol–water partition coefficient (Wildman–Crippen LogP) is 3.40. The van der Waals surface area contributed by atoms with Crippen LogP contribution in [0.1, 0.15) is 27.3 Å². The van der Waals surface area contributed by atoms with Gasteiger partial charge in [-0.1, -0.05) is 23.7 Å². The second-order valence-corrected chi connectivity index (χ2v) is 7.08. The number of benzene rings is 1. The maximum Gasteiger partial charge on any atom is 0.417 e. The van der Waals surface area contributed by atoms with Crippen molar-refractivity contribution >= 4 is 17.5 Å². The number of aromatic amines is 1. The van der Waals surface area contributed by atoms with Crippen LogP contribution in [0.5, 0.6) is 0 Å². The number of aryl methyl sites for hydroxylation is 1. The fraction of sp³-hybridized carbons (Fsp3) is 0.263. The highest BCUT2D eigenvalue weighted by molar-refractivity contribution is 6.34. The SMILES string of the molecule is Cc1cccnc1-c1n[nH]c2[n+]1CCN(C(=O)c1cccc(C(F)(F)F)c1Cl)C2. The van der Waals surface area contributed by atoms with E-state index in [0.717, 1.165) is 17.3 Å². The summed E-state index contributed by atoms with van der Waals surface area (Å²) >= 11 is 5.91. The summed E-state index contributed by atoms with van der Waals surface area (Å²) in [5.41, 5.74) is 0.501. The first-order valence-electron chi connectivity index (χ1n) is 8.81. The zero-order valence-corrected chi connectivity index (χ0v) is 16.1. The van der Waals surface area contributed by atoms with E-state index >= 15 is 0 Å². The van der Waals surface area contributed by atoms with Gasteiger partial charge < -0.3 is 4.90 Å². The van der Waals surface area contributed by atoms with Crippen molar-refractivity contribution in [1.29, 1.82) is 0 Å². The topological polar surface area (TPSA) is 65.8 Å². The molecule has 0 atom stereocenters. The molecule has 2 aromatic heterocycles. The van der Waals surface area contributed by atoms with Crippen molar-refractivity contribution in [1.82, 2.24) is 20.1 Å². The number of nitrogens with one attached hydrogen (secondary N) is 1. The van der Waals surface area contributed by atoms with Gasteiger partial charge >= 0.3 is 12.0 Å². The van der Waals surface area contributed by atoms with Crippen molar-refractivity contribution in [3.63, 3.8) is 0 Å². The number of nitrogens with zero attached hydrogens (tertiary/aromatic N) is 4. The Balaban J connectivity index is 1.62. The lowest BCUT2D eigenvalue weighted by Gasteiger charge is -2.25. The number of carbonyl (C=O) groups is 1. The van der Waals surface area contributed by atoms with Crippen LogP contribution in [0.3, 0.4) is 0 Å². The molecule has 0 aliphatic carbocycles. The zero-order valence-electron chi connectivity index (χ0n) is 15.3. The third-order valence-electron chi connectivity index (χ3n) is 4.85. The molecule has 1 N–H and O–H groups in total. The molecule has 29 heavy (non-hydrogen) atoms. The molecule has 10 heteroatoms. The van der Waals surface area contributed by atoms with Crippen molar-refractivity contribution in [3.05, 3.63) is 64.1 Å². The van der Waals surface area contributed by atoms with E-state index in [-0.39, 0.29) is 12.1 Å². The van der Waals surface area contributed by atoms with Crippen molar-refractivity contribution in [2.24, 2.45) is 0 Å². The standard InChI is InChI=1S/C19H15ClF3N5O/c1-11-4-3-7-24-16(11)17-26-25-14-10-27(8-9-28(14)17)18(29)12-5-2-6-13(15(12)20)19(21,22)23/h2-7H,8-10H2,1H3/p+1. The van der Waals surface area contributed by atoms with Gasteiger partial charge in [-0.25, -0.2) is 9.55 Å². The van der Waals surface area contributed by atoms with E-state index < -0.39 is 22.7 Å². The van der Waals surface area contributed by atoms with Crippen LogP contribution in [0.15, 0.2) is 36.5 Å². The molecule has 6 nitrogen and oxygen atoms in total. The molecular weight excluding hydrogens is 407 g/mol. The molecule has 1 aliphatic heterocycles. The molecule has 150 valence electrons. The summed E-state index contributed by atoms with van der Waals surface area (Å²) < 4.78 is 41.2. The molecule has 0 bridgehead atoms.